The van der Waals surface area contributed by atoms with E-state index in [4.69, 9.17) is 4.52 Å². The first kappa shape index (κ1) is 9.09. The minimum absolute atomic E-state index is 0.253. The van der Waals surface area contributed by atoms with E-state index < -0.39 is 0 Å². The van der Waals surface area contributed by atoms with Crippen LogP contribution in [-0.2, 0) is 0 Å². The minimum Gasteiger partial charge on any atom is -0.356 e. The highest BCUT2D eigenvalue weighted by Crippen LogP contribution is 2.27. The first-order valence-electron chi connectivity index (χ1n) is 4.95. The summed E-state index contributed by atoms with van der Waals surface area (Å²) in [7, 11) is 0. The van der Waals surface area contributed by atoms with Gasteiger partial charge in [-0.1, -0.05) is 17.3 Å². The van der Waals surface area contributed by atoms with Crippen LogP contribution in [-0.4, -0.2) is 5.16 Å². The molecule has 0 N–H and O–H groups in total. The Bertz CT molecular complexity index is 628. The number of hydrogen-bond acceptors (Lipinski definition) is 2. The van der Waals surface area contributed by atoms with Crippen molar-refractivity contribution in [1.29, 1.82) is 0 Å². The molecule has 16 heavy (non-hydrogen) atoms. The lowest BCUT2D eigenvalue weighted by atomic mass is 10.1. The van der Waals surface area contributed by atoms with Crippen LogP contribution in [0.5, 0.6) is 0 Å². The topological polar surface area (TPSA) is 26.0 Å². The van der Waals surface area contributed by atoms with Crippen molar-refractivity contribution in [2.75, 3.05) is 0 Å². The van der Waals surface area contributed by atoms with Gasteiger partial charge in [0.1, 0.15) is 11.5 Å². The molecule has 0 atom stereocenters. The van der Waals surface area contributed by atoms with Crippen LogP contribution >= 0.6 is 0 Å². The maximum Gasteiger partial charge on any atom is 0.167 e. The molecular formula is C13H8FNO. The molecule has 1 heterocycles. The third-order valence-corrected chi connectivity index (χ3v) is 2.50. The smallest absolute Gasteiger partial charge is 0.167 e. The van der Waals surface area contributed by atoms with Gasteiger partial charge in [0.25, 0.3) is 0 Å². The Morgan fingerprint density at radius 3 is 2.50 bits per heavy atom. The first-order valence-corrected chi connectivity index (χ1v) is 4.95. The number of rotatable bonds is 1. The molecule has 0 aliphatic carbocycles. The lowest BCUT2D eigenvalue weighted by Gasteiger charge is -1.95. The van der Waals surface area contributed by atoms with E-state index in [1.54, 1.807) is 12.1 Å². The first-order chi connectivity index (χ1) is 7.84. The van der Waals surface area contributed by atoms with E-state index in [1.807, 2.05) is 24.3 Å². The lowest BCUT2D eigenvalue weighted by molar-refractivity contribution is 0.459. The molecule has 0 aliphatic heterocycles. The highest BCUT2D eigenvalue weighted by Gasteiger charge is 2.08. The highest BCUT2D eigenvalue weighted by atomic mass is 19.1. The zero-order valence-electron chi connectivity index (χ0n) is 8.35. The van der Waals surface area contributed by atoms with Gasteiger partial charge >= 0.3 is 0 Å². The Kier molecular flexibility index (Phi) is 1.96. The SMILES string of the molecule is Fc1ccc(-c2noc3ccccc23)cc1. The maximum absolute atomic E-state index is 12.8. The summed E-state index contributed by atoms with van der Waals surface area (Å²) in [5, 5.41) is 4.94. The summed E-state index contributed by atoms with van der Waals surface area (Å²) in [6.45, 7) is 0. The predicted molar refractivity (Wildman–Crippen MR) is 59.4 cm³/mol. The quantitative estimate of drug-likeness (QED) is 0.616. The van der Waals surface area contributed by atoms with Crippen LogP contribution in [0.3, 0.4) is 0 Å². The van der Waals surface area contributed by atoms with Crippen molar-refractivity contribution in [2.24, 2.45) is 0 Å². The van der Waals surface area contributed by atoms with Crippen molar-refractivity contribution < 1.29 is 8.91 Å². The van der Waals surface area contributed by atoms with Gasteiger partial charge in [-0.25, -0.2) is 4.39 Å². The molecule has 0 fully saturated rings. The summed E-state index contributed by atoms with van der Waals surface area (Å²) in [5.41, 5.74) is 2.34. The normalized spacial score (nSPS) is 10.8. The summed E-state index contributed by atoms with van der Waals surface area (Å²) in [4.78, 5) is 0. The molecule has 2 nitrogen and oxygen atoms in total. The second-order valence-corrected chi connectivity index (χ2v) is 3.53. The van der Waals surface area contributed by atoms with E-state index in [0.29, 0.717) is 0 Å². The van der Waals surface area contributed by atoms with Crippen molar-refractivity contribution in [1.82, 2.24) is 5.16 Å². The molecule has 0 radical (unpaired) electrons. The zero-order chi connectivity index (χ0) is 11.0. The van der Waals surface area contributed by atoms with Crippen LogP contribution in [0.2, 0.25) is 0 Å². The summed E-state index contributed by atoms with van der Waals surface area (Å²) in [5.74, 6) is -0.253. The van der Waals surface area contributed by atoms with Crippen molar-refractivity contribution in [3.8, 4) is 11.3 Å². The molecular weight excluding hydrogens is 205 g/mol. The highest BCUT2D eigenvalue weighted by molar-refractivity contribution is 5.91. The number of nitrogens with zero attached hydrogens (tertiary/aromatic N) is 1. The van der Waals surface area contributed by atoms with E-state index in [-0.39, 0.29) is 5.82 Å². The molecule has 0 unspecified atom stereocenters. The van der Waals surface area contributed by atoms with Gasteiger partial charge in [-0.3, -0.25) is 0 Å². The number of benzene rings is 2. The Morgan fingerprint density at radius 1 is 0.938 bits per heavy atom. The molecule has 1 aromatic heterocycles. The van der Waals surface area contributed by atoms with E-state index in [0.717, 1.165) is 22.2 Å². The van der Waals surface area contributed by atoms with Crippen molar-refractivity contribution >= 4 is 11.0 Å². The fraction of sp³-hybridized carbons (Fsp3) is 0. The van der Waals surface area contributed by atoms with Crippen LogP contribution in [0.4, 0.5) is 4.39 Å². The third-order valence-electron chi connectivity index (χ3n) is 2.50. The van der Waals surface area contributed by atoms with Crippen LogP contribution in [0, 0.1) is 5.82 Å². The van der Waals surface area contributed by atoms with Gasteiger partial charge in [-0.15, -0.1) is 0 Å². The Balaban J connectivity index is 2.22. The number of aromatic nitrogens is 1. The summed E-state index contributed by atoms with van der Waals surface area (Å²) in [6, 6.07) is 13.8. The van der Waals surface area contributed by atoms with Gasteiger partial charge < -0.3 is 4.52 Å². The van der Waals surface area contributed by atoms with Crippen LogP contribution in [0.15, 0.2) is 53.1 Å². The molecule has 3 heteroatoms. The van der Waals surface area contributed by atoms with Crippen LogP contribution in [0.1, 0.15) is 0 Å². The predicted octanol–water partition coefficient (Wildman–Crippen LogP) is 3.63. The maximum atomic E-state index is 12.8. The molecule has 0 saturated carbocycles. The second-order valence-electron chi connectivity index (χ2n) is 3.53. The largest absolute Gasteiger partial charge is 0.356 e. The molecule has 0 saturated heterocycles. The third kappa shape index (κ3) is 1.37. The van der Waals surface area contributed by atoms with Gasteiger partial charge in [-0.2, -0.15) is 0 Å². The van der Waals surface area contributed by atoms with Crippen molar-refractivity contribution in [3.05, 3.63) is 54.3 Å². The zero-order valence-corrected chi connectivity index (χ0v) is 8.35. The van der Waals surface area contributed by atoms with Crippen molar-refractivity contribution in [3.63, 3.8) is 0 Å². The standard InChI is InChI=1S/C13H8FNO/c14-10-7-5-9(6-8-10)13-11-3-1-2-4-12(11)16-15-13/h1-8H. The average Bonchev–Trinajstić information content (AvgIpc) is 2.74. The van der Waals surface area contributed by atoms with E-state index in [1.165, 1.54) is 12.1 Å². The minimum atomic E-state index is -0.253. The van der Waals surface area contributed by atoms with Crippen LogP contribution < -0.4 is 0 Å². The van der Waals surface area contributed by atoms with Gasteiger partial charge in [0.05, 0.1) is 0 Å². The Hall–Kier alpha value is -2.16. The fourth-order valence-electron chi connectivity index (χ4n) is 1.70. The van der Waals surface area contributed by atoms with E-state index in [9.17, 15) is 4.39 Å². The van der Waals surface area contributed by atoms with Gasteiger partial charge in [0.2, 0.25) is 0 Å². The molecule has 3 aromatic rings. The molecule has 0 aliphatic rings. The van der Waals surface area contributed by atoms with Gasteiger partial charge in [0.15, 0.2) is 5.58 Å². The van der Waals surface area contributed by atoms with E-state index in [2.05, 4.69) is 5.16 Å². The summed E-state index contributed by atoms with van der Waals surface area (Å²) >= 11 is 0. The van der Waals surface area contributed by atoms with Crippen molar-refractivity contribution in [2.45, 2.75) is 0 Å². The summed E-state index contributed by atoms with van der Waals surface area (Å²) in [6.07, 6.45) is 0. The molecule has 0 bridgehead atoms. The Labute approximate surface area is 91.3 Å². The Morgan fingerprint density at radius 2 is 1.69 bits per heavy atom. The molecule has 2 aromatic carbocycles. The molecule has 0 spiro atoms. The van der Waals surface area contributed by atoms with Gasteiger partial charge in [-0.05, 0) is 36.4 Å². The monoisotopic (exact) mass is 213 g/mol. The van der Waals surface area contributed by atoms with Gasteiger partial charge in [0, 0.05) is 10.9 Å². The number of para-hydroxylation sites is 1. The molecule has 0 amide bonds. The van der Waals surface area contributed by atoms with E-state index >= 15 is 0 Å². The van der Waals surface area contributed by atoms with Crippen LogP contribution in [0.25, 0.3) is 22.2 Å². The summed E-state index contributed by atoms with van der Waals surface area (Å²) < 4.78 is 18.0. The second kappa shape index (κ2) is 3.45. The number of hydrogen-bond donors (Lipinski definition) is 0. The molecule has 3 rings (SSSR count). The average molecular weight is 213 g/mol. The fourth-order valence-corrected chi connectivity index (χ4v) is 1.70. The molecule has 78 valence electrons. The number of fused-ring (bicyclic) bond motifs is 1. The number of halogens is 1. The lowest BCUT2D eigenvalue weighted by Crippen LogP contribution is -1.79.